The van der Waals surface area contributed by atoms with Crippen LogP contribution in [0.15, 0.2) is 23.1 Å². The van der Waals surface area contributed by atoms with Gasteiger partial charge >= 0.3 is 5.69 Å². The lowest BCUT2D eigenvalue weighted by atomic mass is 10.2. The van der Waals surface area contributed by atoms with Crippen molar-refractivity contribution >= 4 is 15.7 Å². The van der Waals surface area contributed by atoms with Crippen LogP contribution < -0.4 is 10.0 Å². The zero-order chi connectivity index (χ0) is 14.8. The summed E-state index contributed by atoms with van der Waals surface area (Å²) in [5.74, 6) is -1.17. The highest BCUT2D eigenvalue weighted by atomic mass is 32.2. The molecule has 0 spiro atoms. The first-order valence-corrected chi connectivity index (χ1v) is 7.56. The van der Waals surface area contributed by atoms with Crippen LogP contribution in [0.5, 0.6) is 0 Å². The van der Waals surface area contributed by atoms with Crippen LogP contribution in [0.4, 0.5) is 10.1 Å². The number of halogens is 1. The topological polar surface area (TPSA) is 101 Å². The molecule has 1 atom stereocenters. The molecule has 1 aromatic rings. The minimum atomic E-state index is -4.12. The van der Waals surface area contributed by atoms with Gasteiger partial charge < -0.3 is 5.32 Å². The van der Waals surface area contributed by atoms with E-state index in [4.69, 9.17) is 0 Å². The molecule has 0 amide bonds. The molecule has 2 rings (SSSR count). The van der Waals surface area contributed by atoms with Gasteiger partial charge in [0.25, 0.3) is 0 Å². The van der Waals surface area contributed by atoms with Crippen molar-refractivity contribution in [2.75, 3.05) is 13.1 Å². The Kier molecular flexibility index (Phi) is 4.31. The molecule has 0 bridgehead atoms. The van der Waals surface area contributed by atoms with Gasteiger partial charge in [0.05, 0.1) is 4.92 Å². The second-order valence-corrected chi connectivity index (χ2v) is 6.22. The van der Waals surface area contributed by atoms with E-state index in [0.29, 0.717) is 0 Å². The predicted molar refractivity (Wildman–Crippen MR) is 69.3 cm³/mol. The van der Waals surface area contributed by atoms with Crippen molar-refractivity contribution in [3.8, 4) is 0 Å². The largest absolute Gasteiger partial charge is 0.324 e. The summed E-state index contributed by atoms with van der Waals surface area (Å²) in [6.45, 7) is 0.933. The number of hydrogen-bond acceptors (Lipinski definition) is 5. The van der Waals surface area contributed by atoms with Crippen LogP contribution in [0.1, 0.15) is 12.8 Å². The van der Waals surface area contributed by atoms with Crippen LogP contribution in [0.3, 0.4) is 0 Å². The molecule has 1 aromatic carbocycles. The minimum Gasteiger partial charge on any atom is -0.313 e. The van der Waals surface area contributed by atoms with E-state index in [1.54, 1.807) is 0 Å². The van der Waals surface area contributed by atoms with Crippen LogP contribution in [0.2, 0.25) is 0 Å². The van der Waals surface area contributed by atoms with Crippen LogP contribution in [-0.4, -0.2) is 32.5 Å². The fourth-order valence-electron chi connectivity index (χ4n) is 2.11. The molecule has 0 saturated carbocycles. The number of rotatable bonds is 5. The summed E-state index contributed by atoms with van der Waals surface area (Å²) in [7, 11) is -4.12. The summed E-state index contributed by atoms with van der Waals surface area (Å²) in [6, 6.07) is 3.00. The van der Waals surface area contributed by atoms with Crippen LogP contribution in [0, 0.1) is 15.9 Å². The molecule has 110 valence electrons. The van der Waals surface area contributed by atoms with Crippen LogP contribution in [0.25, 0.3) is 0 Å². The number of hydrogen-bond donors (Lipinski definition) is 2. The van der Waals surface area contributed by atoms with Crippen molar-refractivity contribution < 1.29 is 17.7 Å². The highest BCUT2D eigenvalue weighted by Gasteiger charge is 2.29. The van der Waals surface area contributed by atoms with Crippen molar-refractivity contribution in [3.05, 3.63) is 34.1 Å². The number of nitrogens with zero attached hydrogens (tertiary/aromatic N) is 1. The molecule has 20 heavy (non-hydrogen) atoms. The Bertz CT molecular complexity index is 614. The predicted octanol–water partition coefficient (Wildman–Crippen LogP) is 0.764. The monoisotopic (exact) mass is 303 g/mol. The minimum absolute atomic E-state index is 0.00242. The molecular weight excluding hydrogens is 289 g/mol. The SMILES string of the molecule is O=[N+]([O-])c1c(F)cccc1S(=O)(=O)NCC1CCCN1. The van der Waals surface area contributed by atoms with E-state index >= 15 is 0 Å². The van der Waals surface area contributed by atoms with E-state index < -0.39 is 31.3 Å². The Balaban J connectivity index is 2.24. The molecule has 1 unspecified atom stereocenters. The Morgan fingerprint density at radius 1 is 1.50 bits per heavy atom. The Morgan fingerprint density at radius 2 is 2.25 bits per heavy atom. The standard InChI is InChI=1S/C11H14FN3O4S/c12-9-4-1-5-10(11(9)15(16)17)20(18,19)14-7-8-3-2-6-13-8/h1,4-5,8,13-14H,2-3,6-7H2. The third-order valence-electron chi connectivity index (χ3n) is 3.10. The molecule has 1 heterocycles. The first-order chi connectivity index (χ1) is 9.42. The van der Waals surface area contributed by atoms with Crippen molar-refractivity contribution in [2.24, 2.45) is 0 Å². The van der Waals surface area contributed by atoms with Gasteiger partial charge in [0.1, 0.15) is 0 Å². The zero-order valence-electron chi connectivity index (χ0n) is 10.5. The van der Waals surface area contributed by atoms with Gasteiger partial charge in [0, 0.05) is 12.6 Å². The third kappa shape index (κ3) is 3.11. The summed E-state index contributed by atoms with van der Waals surface area (Å²) in [6.07, 6.45) is 1.78. The number of sulfonamides is 1. The van der Waals surface area contributed by atoms with Gasteiger partial charge in [0.2, 0.25) is 15.8 Å². The van der Waals surface area contributed by atoms with E-state index in [0.717, 1.165) is 37.6 Å². The highest BCUT2D eigenvalue weighted by Crippen LogP contribution is 2.26. The Morgan fingerprint density at radius 3 is 2.85 bits per heavy atom. The maximum Gasteiger partial charge on any atom is 0.324 e. The maximum absolute atomic E-state index is 13.4. The number of benzene rings is 1. The molecule has 0 aliphatic carbocycles. The molecule has 1 aliphatic rings. The summed E-state index contributed by atoms with van der Waals surface area (Å²) in [5.41, 5.74) is -1.03. The van der Waals surface area contributed by atoms with Gasteiger partial charge in [-0.25, -0.2) is 13.1 Å². The van der Waals surface area contributed by atoms with Crippen LogP contribution >= 0.6 is 0 Å². The summed E-state index contributed by atoms with van der Waals surface area (Å²) >= 11 is 0. The normalized spacial score (nSPS) is 19.1. The molecule has 1 saturated heterocycles. The second kappa shape index (κ2) is 5.81. The number of para-hydroxylation sites is 1. The van der Waals surface area contributed by atoms with Gasteiger partial charge in [-0.2, -0.15) is 4.39 Å². The Hall–Kier alpha value is -1.58. The average molecular weight is 303 g/mol. The van der Waals surface area contributed by atoms with Crippen molar-refractivity contribution in [1.29, 1.82) is 0 Å². The van der Waals surface area contributed by atoms with Gasteiger partial charge in [-0.3, -0.25) is 10.1 Å². The zero-order valence-corrected chi connectivity index (χ0v) is 11.3. The quantitative estimate of drug-likeness (QED) is 0.618. The molecule has 0 aromatic heterocycles. The van der Waals surface area contributed by atoms with Crippen molar-refractivity contribution in [1.82, 2.24) is 10.0 Å². The van der Waals surface area contributed by atoms with Gasteiger partial charge in [0.15, 0.2) is 4.90 Å². The van der Waals surface area contributed by atoms with Gasteiger partial charge in [-0.05, 0) is 31.5 Å². The number of nitrogens with one attached hydrogen (secondary N) is 2. The maximum atomic E-state index is 13.4. The summed E-state index contributed by atoms with van der Waals surface area (Å²) in [4.78, 5) is 9.13. The average Bonchev–Trinajstić information content (AvgIpc) is 2.89. The second-order valence-electron chi connectivity index (χ2n) is 4.49. The van der Waals surface area contributed by atoms with Gasteiger partial charge in [-0.1, -0.05) is 6.07 Å². The molecule has 1 fully saturated rings. The summed E-state index contributed by atoms with van der Waals surface area (Å²) in [5, 5.41) is 13.9. The van der Waals surface area contributed by atoms with Crippen LogP contribution in [-0.2, 0) is 10.0 Å². The fourth-order valence-corrected chi connectivity index (χ4v) is 3.37. The molecule has 1 aliphatic heterocycles. The smallest absolute Gasteiger partial charge is 0.313 e. The lowest BCUT2D eigenvalue weighted by Gasteiger charge is -2.12. The molecule has 7 nitrogen and oxygen atoms in total. The van der Waals surface area contributed by atoms with E-state index in [1.807, 2.05) is 0 Å². The fraction of sp³-hybridized carbons (Fsp3) is 0.455. The molecule has 9 heteroatoms. The Labute approximate surface area is 115 Å². The molecule has 2 N–H and O–H groups in total. The van der Waals surface area contributed by atoms with Gasteiger partial charge in [-0.15, -0.1) is 0 Å². The first-order valence-electron chi connectivity index (χ1n) is 6.08. The molecule has 0 radical (unpaired) electrons. The van der Waals surface area contributed by atoms with E-state index in [1.165, 1.54) is 0 Å². The number of nitro benzene ring substituents is 1. The third-order valence-corrected chi connectivity index (χ3v) is 4.56. The van der Waals surface area contributed by atoms with Crippen molar-refractivity contribution in [2.45, 2.75) is 23.8 Å². The van der Waals surface area contributed by atoms with E-state index in [-0.39, 0.29) is 12.6 Å². The lowest BCUT2D eigenvalue weighted by Crippen LogP contribution is -2.37. The molecular formula is C11H14FN3O4S. The highest BCUT2D eigenvalue weighted by molar-refractivity contribution is 7.89. The summed E-state index contributed by atoms with van der Waals surface area (Å²) < 4.78 is 39.8. The first kappa shape index (κ1) is 14.8. The number of nitro groups is 1. The van der Waals surface area contributed by atoms with E-state index in [9.17, 15) is 22.9 Å². The van der Waals surface area contributed by atoms with Crippen molar-refractivity contribution in [3.63, 3.8) is 0 Å². The lowest BCUT2D eigenvalue weighted by molar-refractivity contribution is -0.390. The van der Waals surface area contributed by atoms with E-state index in [2.05, 4.69) is 10.0 Å².